The summed E-state index contributed by atoms with van der Waals surface area (Å²) in [4.78, 5) is 4.06. The predicted molar refractivity (Wildman–Crippen MR) is 58.9 cm³/mol. The van der Waals surface area contributed by atoms with Crippen LogP contribution in [0.1, 0.15) is 36.4 Å². The van der Waals surface area contributed by atoms with E-state index in [1.54, 1.807) is 0 Å². The number of hydrogen-bond donors (Lipinski definition) is 2. The lowest BCUT2D eigenvalue weighted by molar-refractivity contribution is 0.191. The van der Waals surface area contributed by atoms with Crippen molar-refractivity contribution in [3.05, 3.63) is 11.7 Å². The lowest BCUT2D eigenvalue weighted by Gasteiger charge is -2.03. The van der Waals surface area contributed by atoms with Gasteiger partial charge in [-0.2, -0.15) is 4.98 Å². The fourth-order valence-electron chi connectivity index (χ4n) is 1.65. The Balaban J connectivity index is 2.16. The number of β-amino-alcohol motifs (C(OH)–C–C–N with tert-alkyl or cyclic N) is 1. The van der Waals surface area contributed by atoms with Crippen molar-refractivity contribution >= 4 is 9.84 Å². The molecule has 1 fully saturated rings. The van der Waals surface area contributed by atoms with Crippen molar-refractivity contribution < 1.29 is 18.0 Å². The molecule has 2 rings (SSSR count). The molecule has 1 aliphatic rings. The SMILES string of the molecule is CC(c1noc(C2CC(O)CN2)n1)S(C)(=O)=O. The molecule has 0 aliphatic carbocycles. The standard InChI is InChI=1S/C9H15N3O4S/c1-5(17(2,14)15)8-11-9(16-12-8)7-3-6(13)4-10-7/h5-7,10,13H,3-4H2,1-2H3. The van der Waals surface area contributed by atoms with Crippen LogP contribution in [0.25, 0.3) is 0 Å². The quantitative estimate of drug-likeness (QED) is 0.760. The minimum absolute atomic E-state index is 0.158. The second-order valence-corrected chi connectivity index (χ2v) is 6.68. The molecule has 1 aromatic rings. The first-order valence-corrected chi connectivity index (χ1v) is 7.27. The van der Waals surface area contributed by atoms with Gasteiger partial charge in [-0.15, -0.1) is 0 Å². The number of aliphatic hydroxyl groups excluding tert-OH is 1. The summed E-state index contributed by atoms with van der Waals surface area (Å²) in [6.07, 6.45) is 1.20. The largest absolute Gasteiger partial charge is 0.392 e. The summed E-state index contributed by atoms with van der Waals surface area (Å²) < 4.78 is 27.7. The topological polar surface area (TPSA) is 105 Å². The fraction of sp³-hybridized carbons (Fsp3) is 0.778. The number of aliphatic hydroxyl groups is 1. The van der Waals surface area contributed by atoms with Gasteiger partial charge in [0.05, 0.1) is 12.1 Å². The van der Waals surface area contributed by atoms with E-state index in [0.29, 0.717) is 18.9 Å². The molecule has 0 spiro atoms. The highest BCUT2D eigenvalue weighted by Gasteiger charge is 2.30. The van der Waals surface area contributed by atoms with Crippen LogP contribution < -0.4 is 5.32 Å². The van der Waals surface area contributed by atoms with Crippen molar-refractivity contribution in [2.45, 2.75) is 30.7 Å². The number of hydrogen-bond acceptors (Lipinski definition) is 7. The molecular formula is C9H15N3O4S. The molecule has 7 nitrogen and oxygen atoms in total. The summed E-state index contributed by atoms with van der Waals surface area (Å²) in [5.41, 5.74) is 0. The number of aromatic nitrogens is 2. The van der Waals surface area contributed by atoms with Gasteiger partial charge in [0.1, 0.15) is 5.25 Å². The van der Waals surface area contributed by atoms with Gasteiger partial charge in [0.25, 0.3) is 0 Å². The third kappa shape index (κ3) is 2.64. The van der Waals surface area contributed by atoms with Crippen molar-refractivity contribution in [2.24, 2.45) is 0 Å². The van der Waals surface area contributed by atoms with E-state index in [-0.39, 0.29) is 11.9 Å². The van der Waals surface area contributed by atoms with Crippen LogP contribution >= 0.6 is 0 Å². The summed E-state index contributed by atoms with van der Waals surface area (Å²) in [5, 5.41) is 15.3. The Bertz CT molecular complexity index is 498. The first kappa shape index (κ1) is 12.5. The van der Waals surface area contributed by atoms with Gasteiger partial charge in [-0.05, 0) is 13.3 Å². The summed E-state index contributed by atoms with van der Waals surface area (Å²) in [7, 11) is -3.23. The van der Waals surface area contributed by atoms with E-state index in [2.05, 4.69) is 15.5 Å². The number of nitrogens with one attached hydrogen (secondary N) is 1. The summed E-state index contributed by atoms with van der Waals surface area (Å²) in [6.45, 7) is 1.99. The molecule has 0 amide bonds. The maximum atomic E-state index is 11.3. The van der Waals surface area contributed by atoms with Crippen LogP contribution in [-0.2, 0) is 9.84 Å². The predicted octanol–water partition coefficient (Wildman–Crippen LogP) is -0.429. The molecular weight excluding hydrogens is 246 g/mol. The average Bonchev–Trinajstić information content (AvgIpc) is 2.83. The highest BCUT2D eigenvalue weighted by Crippen LogP contribution is 2.24. The van der Waals surface area contributed by atoms with Gasteiger partial charge >= 0.3 is 0 Å². The Morgan fingerprint density at radius 2 is 2.29 bits per heavy atom. The molecule has 0 aromatic carbocycles. The van der Waals surface area contributed by atoms with E-state index in [9.17, 15) is 13.5 Å². The van der Waals surface area contributed by atoms with Crippen LogP contribution in [0.15, 0.2) is 4.52 Å². The third-order valence-electron chi connectivity index (χ3n) is 2.87. The molecule has 17 heavy (non-hydrogen) atoms. The number of sulfone groups is 1. The van der Waals surface area contributed by atoms with Gasteiger partial charge in [0.2, 0.25) is 5.89 Å². The Morgan fingerprint density at radius 1 is 1.59 bits per heavy atom. The van der Waals surface area contributed by atoms with Crippen molar-refractivity contribution in [3.8, 4) is 0 Å². The van der Waals surface area contributed by atoms with Crippen LogP contribution in [0, 0.1) is 0 Å². The molecule has 3 atom stereocenters. The Hall–Kier alpha value is -0.990. The smallest absolute Gasteiger partial charge is 0.243 e. The van der Waals surface area contributed by atoms with Crippen LogP contribution in [0.2, 0.25) is 0 Å². The van der Waals surface area contributed by atoms with Gasteiger partial charge in [0, 0.05) is 12.8 Å². The molecule has 1 aromatic heterocycles. The summed E-state index contributed by atoms with van der Waals surface area (Å²) >= 11 is 0. The Morgan fingerprint density at radius 3 is 2.82 bits per heavy atom. The molecule has 1 saturated heterocycles. The average molecular weight is 261 g/mol. The van der Waals surface area contributed by atoms with Crippen molar-refractivity contribution in [2.75, 3.05) is 12.8 Å². The van der Waals surface area contributed by atoms with Gasteiger partial charge in [-0.1, -0.05) is 5.16 Å². The maximum Gasteiger partial charge on any atom is 0.243 e. The third-order valence-corrected chi connectivity index (χ3v) is 4.36. The molecule has 2 heterocycles. The highest BCUT2D eigenvalue weighted by atomic mass is 32.2. The minimum atomic E-state index is -3.23. The molecule has 0 saturated carbocycles. The Labute approximate surface area is 99.1 Å². The zero-order valence-corrected chi connectivity index (χ0v) is 10.4. The summed E-state index contributed by atoms with van der Waals surface area (Å²) in [5.74, 6) is 0.484. The van der Waals surface area contributed by atoms with Crippen molar-refractivity contribution in [1.29, 1.82) is 0 Å². The van der Waals surface area contributed by atoms with Crippen LogP contribution in [-0.4, -0.2) is 42.6 Å². The lowest BCUT2D eigenvalue weighted by atomic mass is 10.2. The molecule has 2 N–H and O–H groups in total. The molecule has 96 valence electrons. The van der Waals surface area contributed by atoms with Crippen molar-refractivity contribution in [1.82, 2.24) is 15.5 Å². The number of rotatable bonds is 3. The minimum Gasteiger partial charge on any atom is -0.392 e. The van der Waals surface area contributed by atoms with Crippen LogP contribution in [0.3, 0.4) is 0 Å². The monoisotopic (exact) mass is 261 g/mol. The zero-order valence-electron chi connectivity index (χ0n) is 9.62. The first-order chi connectivity index (χ1) is 7.88. The molecule has 1 aliphatic heterocycles. The molecule has 8 heteroatoms. The van der Waals surface area contributed by atoms with Gasteiger partial charge in [-0.25, -0.2) is 8.42 Å². The van der Waals surface area contributed by atoms with E-state index in [4.69, 9.17) is 4.52 Å². The van der Waals surface area contributed by atoms with E-state index < -0.39 is 21.2 Å². The van der Waals surface area contributed by atoms with E-state index in [1.807, 2.05) is 0 Å². The van der Waals surface area contributed by atoms with Crippen LogP contribution in [0.5, 0.6) is 0 Å². The van der Waals surface area contributed by atoms with Gasteiger partial charge < -0.3 is 14.9 Å². The Kier molecular flexibility index (Phi) is 3.19. The molecule has 0 radical (unpaired) electrons. The van der Waals surface area contributed by atoms with Crippen LogP contribution in [0.4, 0.5) is 0 Å². The second-order valence-electron chi connectivity index (χ2n) is 4.31. The molecule has 0 bridgehead atoms. The van der Waals surface area contributed by atoms with Crippen molar-refractivity contribution in [3.63, 3.8) is 0 Å². The molecule has 3 unspecified atom stereocenters. The highest BCUT2D eigenvalue weighted by molar-refractivity contribution is 7.90. The second kappa shape index (κ2) is 4.35. The number of nitrogens with zero attached hydrogens (tertiary/aromatic N) is 2. The fourth-order valence-corrected chi connectivity index (χ4v) is 2.13. The normalized spacial score (nSPS) is 27.2. The first-order valence-electron chi connectivity index (χ1n) is 5.31. The lowest BCUT2D eigenvalue weighted by Crippen LogP contribution is -2.15. The van der Waals surface area contributed by atoms with Gasteiger partial charge in [-0.3, -0.25) is 0 Å². The van der Waals surface area contributed by atoms with E-state index in [1.165, 1.54) is 6.92 Å². The summed E-state index contributed by atoms with van der Waals surface area (Å²) in [6, 6.07) is -0.196. The zero-order chi connectivity index (χ0) is 12.6. The van der Waals surface area contributed by atoms with Gasteiger partial charge in [0.15, 0.2) is 15.7 Å². The maximum absolute atomic E-state index is 11.3. The van der Waals surface area contributed by atoms with E-state index in [0.717, 1.165) is 6.26 Å². The van der Waals surface area contributed by atoms with E-state index >= 15 is 0 Å².